The molecule has 0 aliphatic carbocycles. The molecule has 0 radical (unpaired) electrons. The lowest BCUT2D eigenvalue weighted by Gasteiger charge is -2.36. The maximum Gasteiger partial charge on any atom is 0.0802 e. The number of ether oxygens (including phenoxy) is 3. The van der Waals surface area contributed by atoms with E-state index in [-0.39, 0.29) is 0 Å². The first-order valence-electron chi connectivity index (χ1n) is 6.26. The van der Waals surface area contributed by atoms with E-state index in [9.17, 15) is 0 Å². The summed E-state index contributed by atoms with van der Waals surface area (Å²) in [5.74, 6) is 0. The van der Waals surface area contributed by atoms with Crippen LogP contribution in [0.2, 0.25) is 0 Å². The third-order valence-corrected chi connectivity index (χ3v) is 3.49. The first kappa shape index (κ1) is 15.4. The second-order valence-electron chi connectivity index (χ2n) is 4.44. The molecule has 102 valence electrons. The standard InChI is InChI=1S/C12H24BrNO3/c1-11-9-14(10-12(8-13)17-11)4-3-5-16-7-6-15-2/h11-12H,3-10H2,1-2H3. The van der Waals surface area contributed by atoms with Gasteiger partial charge in [-0.15, -0.1) is 0 Å². The van der Waals surface area contributed by atoms with Crippen LogP contribution in [0.15, 0.2) is 0 Å². The van der Waals surface area contributed by atoms with E-state index in [2.05, 4.69) is 27.8 Å². The zero-order valence-electron chi connectivity index (χ0n) is 10.9. The third kappa shape index (κ3) is 6.72. The molecule has 1 aliphatic heterocycles. The number of nitrogens with zero attached hydrogens (tertiary/aromatic N) is 1. The number of hydrogen-bond donors (Lipinski definition) is 0. The van der Waals surface area contributed by atoms with Crippen molar-refractivity contribution in [3.8, 4) is 0 Å². The van der Waals surface area contributed by atoms with Gasteiger partial charge < -0.3 is 14.2 Å². The molecule has 5 heteroatoms. The second-order valence-corrected chi connectivity index (χ2v) is 5.09. The van der Waals surface area contributed by atoms with Gasteiger partial charge in [-0.1, -0.05) is 15.9 Å². The summed E-state index contributed by atoms with van der Waals surface area (Å²) in [5, 5.41) is 0.915. The summed E-state index contributed by atoms with van der Waals surface area (Å²) in [5.41, 5.74) is 0. The quantitative estimate of drug-likeness (QED) is 0.502. The SMILES string of the molecule is COCCOCCCN1CC(C)OC(CBr)C1. The highest BCUT2D eigenvalue weighted by molar-refractivity contribution is 9.09. The lowest BCUT2D eigenvalue weighted by molar-refractivity contribution is -0.0668. The number of methoxy groups -OCH3 is 1. The van der Waals surface area contributed by atoms with Crippen molar-refractivity contribution in [1.29, 1.82) is 0 Å². The van der Waals surface area contributed by atoms with Crippen molar-refractivity contribution in [2.45, 2.75) is 25.6 Å². The molecule has 0 aromatic carbocycles. The molecule has 2 atom stereocenters. The Morgan fingerprint density at radius 2 is 2.12 bits per heavy atom. The summed E-state index contributed by atoms with van der Waals surface area (Å²) >= 11 is 3.49. The second kappa shape index (κ2) is 9.28. The Balaban J connectivity index is 2.05. The van der Waals surface area contributed by atoms with E-state index in [4.69, 9.17) is 14.2 Å². The Morgan fingerprint density at radius 3 is 2.82 bits per heavy atom. The number of alkyl halides is 1. The highest BCUT2D eigenvalue weighted by Gasteiger charge is 2.23. The van der Waals surface area contributed by atoms with Crippen LogP contribution in [0.25, 0.3) is 0 Å². The van der Waals surface area contributed by atoms with E-state index in [0.717, 1.165) is 38.0 Å². The maximum absolute atomic E-state index is 5.79. The topological polar surface area (TPSA) is 30.9 Å². The van der Waals surface area contributed by atoms with Crippen LogP contribution >= 0.6 is 15.9 Å². The van der Waals surface area contributed by atoms with Crippen molar-refractivity contribution in [3.05, 3.63) is 0 Å². The molecule has 0 amide bonds. The molecule has 0 bridgehead atoms. The Hall–Kier alpha value is 0.320. The van der Waals surface area contributed by atoms with Crippen molar-refractivity contribution in [1.82, 2.24) is 4.90 Å². The van der Waals surface area contributed by atoms with Gasteiger partial charge in [0.1, 0.15) is 0 Å². The fourth-order valence-corrected chi connectivity index (χ4v) is 2.40. The molecule has 1 fully saturated rings. The van der Waals surface area contributed by atoms with Gasteiger partial charge in [-0.2, -0.15) is 0 Å². The summed E-state index contributed by atoms with van der Waals surface area (Å²) in [4.78, 5) is 2.46. The van der Waals surface area contributed by atoms with E-state index in [1.54, 1.807) is 7.11 Å². The minimum Gasteiger partial charge on any atom is -0.382 e. The van der Waals surface area contributed by atoms with Gasteiger partial charge in [0.25, 0.3) is 0 Å². The van der Waals surface area contributed by atoms with E-state index in [1.807, 2.05) is 0 Å². The molecule has 0 N–H and O–H groups in total. The van der Waals surface area contributed by atoms with Gasteiger partial charge in [0.2, 0.25) is 0 Å². The van der Waals surface area contributed by atoms with Crippen LogP contribution in [0.5, 0.6) is 0 Å². The Kier molecular flexibility index (Phi) is 8.39. The van der Waals surface area contributed by atoms with Crippen LogP contribution in [0.4, 0.5) is 0 Å². The van der Waals surface area contributed by atoms with Gasteiger partial charge >= 0.3 is 0 Å². The Morgan fingerprint density at radius 1 is 1.29 bits per heavy atom. The summed E-state index contributed by atoms with van der Waals surface area (Å²) < 4.78 is 16.2. The van der Waals surface area contributed by atoms with Gasteiger partial charge in [0.15, 0.2) is 0 Å². The molecule has 0 spiro atoms. The smallest absolute Gasteiger partial charge is 0.0802 e. The van der Waals surface area contributed by atoms with Crippen LogP contribution in [0.3, 0.4) is 0 Å². The third-order valence-electron chi connectivity index (χ3n) is 2.77. The van der Waals surface area contributed by atoms with Crippen molar-refractivity contribution in [2.24, 2.45) is 0 Å². The average molecular weight is 310 g/mol. The molecule has 1 heterocycles. The first-order chi connectivity index (χ1) is 8.26. The Labute approximate surface area is 113 Å². The zero-order chi connectivity index (χ0) is 12.5. The van der Waals surface area contributed by atoms with E-state index < -0.39 is 0 Å². The average Bonchev–Trinajstić information content (AvgIpc) is 2.33. The van der Waals surface area contributed by atoms with E-state index >= 15 is 0 Å². The number of morpholine rings is 1. The van der Waals surface area contributed by atoms with Crippen molar-refractivity contribution < 1.29 is 14.2 Å². The van der Waals surface area contributed by atoms with Crippen molar-refractivity contribution >= 4 is 15.9 Å². The zero-order valence-corrected chi connectivity index (χ0v) is 12.4. The van der Waals surface area contributed by atoms with Gasteiger partial charge in [-0.3, -0.25) is 4.90 Å². The summed E-state index contributed by atoms with van der Waals surface area (Å²) in [6, 6.07) is 0. The van der Waals surface area contributed by atoms with Crippen molar-refractivity contribution in [2.75, 3.05) is 51.9 Å². The summed E-state index contributed by atoms with van der Waals surface area (Å²) in [6.07, 6.45) is 1.74. The number of halogens is 1. The van der Waals surface area contributed by atoms with Gasteiger partial charge in [0, 0.05) is 38.7 Å². The Bertz CT molecular complexity index is 195. The number of hydrogen-bond acceptors (Lipinski definition) is 4. The van der Waals surface area contributed by atoms with Crippen LogP contribution in [0.1, 0.15) is 13.3 Å². The fourth-order valence-electron chi connectivity index (χ4n) is 2.04. The molecule has 1 aliphatic rings. The molecular formula is C12H24BrNO3. The fraction of sp³-hybridized carbons (Fsp3) is 1.00. The predicted molar refractivity (Wildman–Crippen MR) is 71.9 cm³/mol. The lowest BCUT2D eigenvalue weighted by atomic mass is 10.2. The molecular weight excluding hydrogens is 286 g/mol. The van der Waals surface area contributed by atoms with Gasteiger partial charge in [-0.05, 0) is 13.3 Å². The van der Waals surface area contributed by atoms with Gasteiger partial charge in [-0.25, -0.2) is 0 Å². The molecule has 4 nitrogen and oxygen atoms in total. The molecule has 1 rings (SSSR count). The maximum atomic E-state index is 5.79. The highest BCUT2D eigenvalue weighted by atomic mass is 79.9. The summed E-state index contributed by atoms with van der Waals surface area (Å²) in [7, 11) is 1.69. The van der Waals surface area contributed by atoms with Gasteiger partial charge in [0.05, 0.1) is 25.4 Å². The predicted octanol–water partition coefficient (Wildman–Crippen LogP) is 1.52. The van der Waals surface area contributed by atoms with Crippen LogP contribution < -0.4 is 0 Å². The highest BCUT2D eigenvalue weighted by Crippen LogP contribution is 2.13. The molecule has 1 saturated heterocycles. The minimum atomic E-state index is 0.327. The molecule has 0 saturated carbocycles. The lowest BCUT2D eigenvalue weighted by Crippen LogP contribution is -2.47. The van der Waals surface area contributed by atoms with Crippen LogP contribution in [-0.2, 0) is 14.2 Å². The molecule has 0 aromatic rings. The normalized spacial score (nSPS) is 26.3. The molecule has 17 heavy (non-hydrogen) atoms. The molecule has 2 unspecified atom stereocenters. The van der Waals surface area contributed by atoms with Crippen LogP contribution in [-0.4, -0.2) is 69.0 Å². The molecule has 0 aromatic heterocycles. The van der Waals surface area contributed by atoms with E-state index in [0.29, 0.717) is 25.4 Å². The summed E-state index contributed by atoms with van der Waals surface area (Å²) in [6.45, 7) is 7.46. The van der Waals surface area contributed by atoms with Crippen molar-refractivity contribution in [3.63, 3.8) is 0 Å². The monoisotopic (exact) mass is 309 g/mol. The minimum absolute atomic E-state index is 0.327. The largest absolute Gasteiger partial charge is 0.382 e. The number of rotatable bonds is 8. The van der Waals surface area contributed by atoms with E-state index in [1.165, 1.54) is 0 Å². The van der Waals surface area contributed by atoms with Crippen LogP contribution in [0, 0.1) is 0 Å². The first-order valence-corrected chi connectivity index (χ1v) is 7.39.